The van der Waals surface area contributed by atoms with Crippen LogP contribution in [0.5, 0.6) is 11.5 Å². The zero-order valence-corrected chi connectivity index (χ0v) is 32.7. The van der Waals surface area contributed by atoms with Crippen molar-refractivity contribution in [3.8, 4) is 78.3 Å². The van der Waals surface area contributed by atoms with E-state index in [1.54, 1.807) is 0 Å². The van der Waals surface area contributed by atoms with Crippen LogP contribution < -0.4 is 9.47 Å². The van der Waals surface area contributed by atoms with Gasteiger partial charge in [-0.3, -0.25) is 0 Å². The van der Waals surface area contributed by atoms with Crippen molar-refractivity contribution in [2.75, 3.05) is 6.79 Å². The highest BCUT2D eigenvalue weighted by Gasteiger charge is 2.48. The predicted octanol–water partition coefficient (Wildman–Crippen LogP) is 14.4. The van der Waals surface area contributed by atoms with Crippen molar-refractivity contribution in [2.24, 2.45) is 0 Å². The minimum Gasteiger partial charge on any atom is -0.454 e. The van der Waals surface area contributed by atoms with Crippen LogP contribution in [-0.4, -0.2) is 6.79 Å². The van der Waals surface area contributed by atoms with Crippen LogP contribution in [0.3, 0.4) is 0 Å². The summed E-state index contributed by atoms with van der Waals surface area (Å²) in [5.41, 5.74) is 19.6. The second-order valence-electron chi connectivity index (χ2n) is 15.6. The molecular weight excluding hydrogens is 717 g/mol. The van der Waals surface area contributed by atoms with Gasteiger partial charge < -0.3 is 9.47 Å². The Balaban J connectivity index is 1.19. The van der Waals surface area contributed by atoms with Gasteiger partial charge in [0.2, 0.25) is 6.79 Å². The van der Waals surface area contributed by atoms with E-state index in [1.807, 2.05) is 0 Å². The van der Waals surface area contributed by atoms with E-state index in [-0.39, 0.29) is 6.79 Å². The van der Waals surface area contributed by atoms with Crippen LogP contribution in [0.4, 0.5) is 0 Å². The lowest BCUT2D eigenvalue weighted by molar-refractivity contribution is 0.174. The van der Waals surface area contributed by atoms with Crippen LogP contribution in [0, 0.1) is 6.92 Å². The number of fused-ring (bicyclic) bond motifs is 4. The predicted molar refractivity (Wildman–Crippen MR) is 242 cm³/mol. The van der Waals surface area contributed by atoms with Gasteiger partial charge in [-0.05, 0) is 138 Å². The fourth-order valence-electron chi connectivity index (χ4n) is 9.53. The number of rotatable bonds is 7. The quantitative estimate of drug-likeness (QED) is 0.161. The molecule has 0 saturated heterocycles. The van der Waals surface area contributed by atoms with Crippen LogP contribution in [-0.2, 0) is 5.41 Å². The summed E-state index contributed by atoms with van der Waals surface area (Å²) >= 11 is 0. The molecule has 1 aliphatic carbocycles. The van der Waals surface area contributed by atoms with Crippen molar-refractivity contribution >= 4 is 0 Å². The molecule has 0 aromatic heterocycles. The summed E-state index contributed by atoms with van der Waals surface area (Å²) < 4.78 is 12.3. The van der Waals surface area contributed by atoms with Gasteiger partial charge in [-0.1, -0.05) is 176 Å². The third-order valence-corrected chi connectivity index (χ3v) is 12.3. The summed E-state index contributed by atoms with van der Waals surface area (Å²) in [5, 5.41) is 0. The normalized spacial score (nSPS) is 13.2. The van der Waals surface area contributed by atoms with Gasteiger partial charge in [-0.2, -0.15) is 0 Å². The first kappa shape index (κ1) is 34.8. The lowest BCUT2D eigenvalue weighted by Gasteiger charge is -2.35. The molecule has 0 N–H and O–H groups in total. The molecule has 0 radical (unpaired) electrons. The molecule has 280 valence electrons. The third-order valence-electron chi connectivity index (χ3n) is 12.3. The Kier molecular flexibility index (Phi) is 8.37. The topological polar surface area (TPSA) is 18.5 Å². The lowest BCUT2D eigenvalue weighted by atomic mass is 9.66. The van der Waals surface area contributed by atoms with Gasteiger partial charge in [0.25, 0.3) is 0 Å². The Morgan fingerprint density at radius 2 is 0.780 bits per heavy atom. The molecular formula is C57H40O2. The van der Waals surface area contributed by atoms with Crippen LogP contribution in [0.2, 0.25) is 0 Å². The smallest absolute Gasteiger partial charge is 0.231 e. The molecule has 2 aliphatic rings. The molecule has 2 heteroatoms. The van der Waals surface area contributed by atoms with Gasteiger partial charge in [0.15, 0.2) is 11.5 Å². The van der Waals surface area contributed by atoms with Gasteiger partial charge in [0, 0.05) is 0 Å². The van der Waals surface area contributed by atoms with E-state index in [0.717, 1.165) is 28.2 Å². The van der Waals surface area contributed by atoms with E-state index >= 15 is 0 Å². The highest BCUT2D eigenvalue weighted by molar-refractivity contribution is 5.97. The fourth-order valence-corrected chi connectivity index (χ4v) is 9.53. The number of benzene rings is 9. The van der Waals surface area contributed by atoms with Crippen LogP contribution >= 0.6 is 0 Å². The van der Waals surface area contributed by atoms with Crippen molar-refractivity contribution in [2.45, 2.75) is 12.3 Å². The Labute approximate surface area is 345 Å². The van der Waals surface area contributed by atoms with E-state index in [4.69, 9.17) is 9.47 Å². The lowest BCUT2D eigenvalue weighted by Crippen LogP contribution is -2.28. The molecule has 59 heavy (non-hydrogen) atoms. The van der Waals surface area contributed by atoms with Crippen LogP contribution in [0.25, 0.3) is 66.8 Å². The van der Waals surface area contributed by atoms with E-state index in [9.17, 15) is 0 Å². The fraction of sp³-hybridized carbons (Fsp3) is 0.0526. The van der Waals surface area contributed by atoms with Crippen LogP contribution in [0.1, 0.15) is 27.8 Å². The second kappa shape index (κ2) is 14.2. The SMILES string of the molecule is Cc1ccccc1-c1cccc2c1-c1cc3c(cc1C2(c1cccc(-c2cccc(-c4ccccc4)c2)c1)c1cccc(-c2cccc(-c4ccccc4)c2)c1)OCO3. The number of aryl methyl sites for hydroxylation is 1. The van der Waals surface area contributed by atoms with E-state index < -0.39 is 5.41 Å². The maximum absolute atomic E-state index is 6.20. The zero-order chi connectivity index (χ0) is 39.3. The largest absolute Gasteiger partial charge is 0.454 e. The molecule has 0 spiro atoms. The van der Waals surface area contributed by atoms with Crippen LogP contribution in [0.15, 0.2) is 212 Å². The first-order chi connectivity index (χ1) is 29.1. The van der Waals surface area contributed by atoms with Gasteiger partial charge in [0.1, 0.15) is 0 Å². The van der Waals surface area contributed by atoms with Crippen molar-refractivity contribution in [3.63, 3.8) is 0 Å². The highest BCUT2D eigenvalue weighted by Crippen LogP contribution is 2.61. The second-order valence-corrected chi connectivity index (χ2v) is 15.6. The molecule has 0 saturated carbocycles. The maximum atomic E-state index is 6.20. The molecule has 0 atom stereocenters. The summed E-state index contributed by atoms with van der Waals surface area (Å²) in [5.74, 6) is 1.56. The summed E-state index contributed by atoms with van der Waals surface area (Å²) in [6.07, 6.45) is 0. The molecule has 9 aromatic rings. The highest BCUT2D eigenvalue weighted by atomic mass is 16.7. The third kappa shape index (κ3) is 5.79. The Bertz CT molecular complexity index is 2910. The number of hydrogen-bond acceptors (Lipinski definition) is 2. The Morgan fingerprint density at radius 3 is 1.36 bits per heavy atom. The minimum absolute atomic E-state index is 0.206. The number of ether oxygens (including phenoxy) is 2. The Hall–Kier alpha value is -7.42. The molecule has 11 rings (SSSR count). The molecule has 0 bridgehead atoms. The summed E-state index contributed by atoms with van der Waals surface area (Å²) in [7, 11) is 0. The van der Waals surface area contributed by atoms with Gasteiger partial charge in [0.05, 0.1) is 5.41 Å². The minimum atomic E-state index is -0.704. The van der Waals surface area contributed by atoms with Crippen molar-refractivity contribution in [1.29, 1.82) is 0 Å². The van der Waals surface area contributed by atoms with Gasteiger partial charge in [-0.15, -0.1) is 0 Å². The van der Waals surface area contributed by atoms with Crippen molar-refractivity contribution in [3.05, 3.63) is 240 Å². The Morgan fingerprint density at radius 1 is 0.339 bits per heavy atom. The first-order valence-electron chi connectivity index (χ1n) is 20.3. The van der Waals surface area contributed by atoms with E-state index in [2.05, 4.69) is 219 Å². The zero-order valence-electron chi connectivity index (χ0n) is 32.7. The monoisotopic (exact) mass is 756 g/mol. The van der Waals surface area contributed by atoms with Crippen molar-refractivity contribution in [1.82, 2.24) is 0 Å². The maximum Gasteiger partial charge on any atom is 0.231 e. The average Bonchev–Trinajstić information content (AvgIpc) is 3.89. The molecule has 9 aromatic carbocycles. The summed E-state index contributed by atoms with van der Waals surface area (Å²) in [6, 6.07) is 77.5. The molecule has 0 amide bonds. The molecule has 1 heterocycles. The van der Waals surface area contributed by atoms with Crippen molar-refractivity contribution < 1.29 is 9.47 Å². The summed E-state index contributed by atoms with van der Waals surface area (Å²) in [4.78, 5) is 0. The number of hydrogen-bond donors (Lipinski definition) is 0. The van der Waals surface area contributed by atoms with Gasteiger partial charge in [-0.25, -0.2) is 0 Å². The van der Waals surface area contributed by atoms with E-state index in [1.165, 1.54) is 77.9 Å². The van der Waals surface area contributed by atoms with Gasteiger partial charge >= 0.3 is 0 Å². The molecule has 0 fully saturated rings. The molecule has 1 aliphatic heterocycles. The summed E-state index contributed by atoms with van der Waals surface area (Å²) in [6.45, 7) is 2.41. The molecule has 2 nitrogen and oxygen atoms in total. The standard InChI is InChI=1S/C57H40O2/c1-38-15-8-9-28-49(38)50-29-14-30-52-56(50)51-35-54-55(59-37-58-54)36-53(51)57(52,47-26-12-24-45(33-47)43-22-10-20-41(31-43)39-16-4-2-5-17-39)48-27-13-25-46(34-48)44-23-11-21-42(32-44)40-18-6-3-7-19-40/h2-36H,37H2,1H3. The average molecular weight is 757 g/mol. The first-order valence-corrected chi connectivity index (χ1v) is 20.3. The molecule has 0 unspecified atom stereocenters. The van der Waals surface area contributed by atoms with E-state index in [0.29, 0.717) is 0 Å².